The van der Waals surface area contributed by atoms with Crippen LogP contribution in [0.15, 0.2) is 76.8 Å². The predicted octanol–water partition coefficient (Wildman–Crippen LogP) is 4.89. The number of nitrogens with one attached hydrogen (secondary N) is 2. The van der Waals surface area contributed by atoms with Crippen LogP contribution in [0.4, 0.5) is 11.4 Å². The molecule has 0 spiro atoms. The van der Waals surface area contributed by atoms with Gasteiger partial charge in [0.1, 0.15) is 6.33 Å². The van der Waals surface area contributed by atoms with Gasteiger partial charge in [0, 0.05) is 18.7 Å². The molecule has 2 heterocycles. The van der Waals surface area contributed by atoms with Crippen molar-refractivity contribution in [1.82, 2.24) is 20.5 Å². The fourth-order valence-corrected chi connectivity index (χ4v) is 5.78. The number of hydrogen-bond donors (Lipinski definition) is 2. The summed E-state index contributed by atoms with van der Waals surface area (Å²) in [5, 5.41) is 10.4. The topological polar surface area (TPSA) is 73.9 Å². The Bertz CT molecular complexity index is 1300. The molecule has 1 aromatic heterocycles. The Kier molecular flexibility index (Phi) is 6.07. The van der Waals surface area contributed by atoms with Gasteiger partial charge in [-0.05, 0) is 67.8 Å². The van der Waals surface area contributed by atoms with Crippen LogP contribution in [0.25, 0.3) is 11.4 Å². The fraction of sp³-hybridized carbons (Fsp3) is 0.231. The molecule has 0 radical (unpaired) electrons. The van der Waals surface area contributed by atoms with E-state index in [1.54, 1.807) is 0 Å². The maximum atomic E-state index is 13.2. The molecule has 1 atom stereocenters. The first-order valence-electron chi connectivity index (χ1n) is 11.2. The Hall–Kier alpha value is -3.29. The number of benzene rings is 3. The second-order valence-corrected chi connectivity index (χ2v) is 9.72. The third-order valence-electron chi connectivity index (χ3n) is 6.17. The second-order valence-electron chi connectivity index (χ2n) is 8.31. The molecule has 0 aliphatic carbocycles. The smallest absolute Gasteiger partial charge is 0.155 e. The highest BCUT2D eigenvalue weighted by atomic mass is 32.2. The van der Waals surface area contributed by atoms with Gasteiger partial charge in [0.25, 0.3) is 0 Å². The fourth-order valence-electron chi connectivity index (χ4n) is 4.34. The van der Waals surface area contributed by atoms with Crippen molar-refractivity contribution in [3.8, 4) is 11.4 Å². The van der Waals surface area contributed by atoms with Crippen LogP contribution in [0.3, 0.4) is 0 Å². The minimum absolute atomic E-state index is 0.780. The van der Waals surface area contributed by atoms with Crippen LogP contribution in [0.2, 0.25) is 0 Å². The Morgan fingerprint density at radius 2 is 1.91 bits per heavy atom. The molecule has 6 nitrogen and oxygen atoms in total. The third-order valence-corrected chi connectivity index (χ3v) is 7.64. The summed E-state index contributed by atoms with van der Waals surface area (Å²) >= 11 is 0. The summed E-state index contributed by atoms with van der Waals surface area (Å²) in [4.78, 5) is 8.38. The van der Waals surface area contributed by atoms with E-state index in [-0.39, 0.29) is 0 Å². The van der Waals surface area contributed by atoms with Gasteiger partial charge in [-0.3, -0.25) is 5.10 Å². The van der Waals surface area contributed by atoms with Gasteiger partial charge in [-0.1, -0.05) is 36.4 Å². The van der Waals surface area contributed by atoms with E-state index in [0.717, 1.165) is 58.6 Å². The van der Waals surface area contributed by atoms with E-state index in [0.29, 0.717) is 0 Å². The monoisotopic (exact) mass is 457 g/mol. The normalized spacial score (nSPS) is 14.7. The number of hydrogen-bond acceptors (Lipinski definition) is 5. The molecule has 1 aliphatic heterocycles. The summed E-state index contributed by atoms with van der Waals surface area (Å²) in [5.74, 6) is 0.780. The SMILES string of the molecule is Cc1ccc2c(c1C)N(CCCNCc1cccc(-c3ncn[nH]3)c1)c1ccccc1S2=O. The van der Waals surface area contributed by atoms with Crippen molar-refractivity contribution in [2.75, 3.05) is 18.0 Å². The summed E-state index contributed by atoms with van der Waals surface area (Å²) in [7, 11) is -1.15. The van der Waals surface area contributed by atoms with Crippen molar-refractivity contribution in [1.29, 1.82) is 0 Å². The van der Waals surface area contributed by atoms with Gasteiger partial charge in [-0.25, -0.2) is 9.19 Å². The third kappa shape index (κ3) is 4.21. The molecular formula is C26H27N5OS. The van der Waals surface area contributed by atoms with E-state index in [1.807, 2.05) is 36.4 Å². The van der Waals surface area contributed by atoms with Gasteiger partial charge < -0.3 is 10.2 Å². The van der Waals surface area contributed by atoms with Crippen LogP contribution in [0, 0.1) is 13.8 Å². The molecule has 7 heteroatoms. The number of aromatic nitrogens is 3. The largest absolute Gasteiger partial charge is 0.339 e. The average molecular weight is 458 g/mol. The lowest BCUT2D eigenvalue weighted by atomic mass is 10.1. The minimum Gasteiger partial charge on any atom is -0.339 e. The molecule has 0 fully saturated rings. The number of para-hydroxylation sites is 1. The summed E-state index contributed by atoms with van der Waals surface area (Å²) in [6.07, 6.45) is 2.49. The Balaban J connectivity index is 1.27. The van der Waals surface area contributed by atoms with Gasteiger partial charge in [0.2, 0.25) is 0 Å². The van der Waals surface area contributed by atoms with Crippen molar-refractivity contribution < 1.29 is 4.21 Å². The van der Waals surface area contributed by atoms with Gasteiger partial charge in [-0.2, -0.15) is 5.10 Å². The van der Waals surface area contributed by atoms with Crippen LogP contribution < -0.4 is 10.2 Å². The second kappa shape index (κ2) is 9.29. The zero-order valence-corrected chi connectivity index (χ0v) is 19.7. The number of aryl methyl sites for hydroxylation is 1. The number of rotatable bonds is 7. The van der Waals surface area contributed by atoms with Gasteiger partial charge in [0.05, 0.1) is 32.0 Å². The van der Waals surface area contributed by atoms with Gasteiger partial charge in [0.15, 0.2) is 5.82 Å². The first-order chi connectivity index (χ1) is 16.1. The van der Waals surface area contributed by atoms with Gasteiger partial charge >= 0.3 is 0 Å². The number of nitrogens with zero attached hydrogens (tertiary/aromatic N) is 3. The maximum Gasteiger partial charge on any atom is 0.155 e. The average Bonchev–Trinajstić information content (AvgIpc) is 3.38. The Morgan fingerprint density at radius 1 is 1.03 bits per heavy atom. The van der Waals surface area contributed by atoms with Crippen molar-refractivity contribution in [3.05, 3.63) is 83.7 Å². The van der Waals surface area contributed by atoms with Crippen LogP contribution in [-0.2, 0) is 17.3 Å². The number of H-pyrrole nitrogens is 1. The molecule has 168 valence electrons. The van der Waals surface area contributed by atoms with Crippen LogP contribution in [0.5, 0.6) is 0 Å². The Morgan fingerprint density at radius 3 is 2.76 bits per heavy atom. The standard InChI is InChI=1S/C26H27N5OS/c1-18-11-12-24-25(19(18)2)31(22-9-3-4-10-23(22)33(24)32)14-6-13-27-16-20-7-5-8-21(15-20)26-28-17-29-30-26/h3-5,7-12,15,17,27H,6,13-14,16H2,1-2H3,(H,28,29,30). The molecule has 33 heavy (non-hydrogen) atoms. The van der Waals surface area contributed by atoms with Crippen LogP contribution >= 0.6 is 0 Å². The lowest BCUT2D eigenvalue weighted by Gasteiger charge is -2.34. The van der Waals surface area contributed by atoms with E-state index < -0.39 is 10.8 Å². The number of fused-ring (bicyclic) bond motifs is 2. The summed E-state index contributed by atoms with van der Waals surface area (Å²) in [6, 6.07) is 20.5. The van der Waals surface area contributed by atoms with E-state index in [2.05, 4.69) is 63.5 Å². The summed E-state index contributed by atoms with van der Waals surface area (Å²) in [5.41, 5.74) is 6.82. The van der Waals surface area contributed by atoms with Crippen molar-refractivity contribution in [2.45, 2.75) is 36.6 Å². The molecule has 2 N–H and O–H groups in total. The molecule has 0 saturated carbocycles. The lowest BCUT2D eigenvalue weighted by molar-refractivity contribution is 0.646. The molecule has 0 saturated heterocycles. The first-order valence-corrected chi connectivity index (χ1v) is 12.3. The zero-order valence-electron chi connectivity index (χ0n) is 18.8. The molecule has 1 unspecified atom stereocenters. The first kappa shape index (κ1) is 21.6. The number of aromatic amines is 1. The van der Waals surface area contributed by atoms with E-state index in [4.69, 9.17) is 0 Å². The quantitative estimate of drug-likeness (QED) is 0.387. The highest BCUT2D eigenvalue weighted by molar-refractivity contribution is 7.85. The molecule has 3 aromatic carbocycles. The lowest BCUT2D eigenvalue weighted by Crippen LogP contribution is -2.28. The van der Waals surface area contributed by atoms with E-state index >= 15 is 0 Å². The molecular weight excluding hydrogens is 430 g/mol. The molecule has 5 rings (SSSR count). The van der Waals surface area contributed by atoms with E-state index in [1.165, 1.54) is 23.0 Å². The van der Waals surface area contributed by atoms with Crippen molar-refractivity contribution in [3.63, 3.8) is 0 Å². The molecule has 4 aromatic rings. The van der Waals surface area contributed by atoms with Gasteiger partial charge in [-0.15, -0.1) is 0 Å². The van der Waals surface area contributed by atoms with Crippen molar-refractivity contribution in [2.24, 2.45) is 0 Å². The van der Waals surface area contributed by atoms with Crippen LogP contribution in [0.1, 0.15) is 23.1 Å². The number of anilines is 2. The van der Waals surface area contributed by atoms with Crippen molar-refractivity contribution >= 4 is 22.2 Å². The van der Waals surface area contributed by atoms with E-state index in [9.17, 15) is 4.21 Å². The minimum atomic E-state index is -1.15. The zero-order chi connectivity index (χ0) is 22.8. The highest BCUT2D eigenvalue weighted by Crippen LogP contribution is 2.44. The highest BCUT2D eigenvalue weighted by Gasteiger charge is 2.29. The molecule has 0 amide bonds. The van der Waals surface area contributed by atoms with Crippen LogP contribution in [-0.4, -0.2) is 32.5 Å². The summed E-state index contributed by atoms with van der Waals surface area (Å²) in [6.45, 7) is 6.78. The summed E-state index contributed by atoms with van der Waals surface area (Å²) < 4.78 is 13.2. The Labute approximate surface area is 196 Å². The molecule has 1 aliphatic rings. The maximum absolute atomic E-state index is 13.2. The molecule has 0 bridgehead atoms. The predicted molar refractivity (Wildman–Crippen MR) is 132 cm³/mol.